The van der Waals surface area contributed by atoms with Crippen molar-refractivity contribution in [3.8, 4) is 11.8 Å². The molecule has 1 aliphatic carbocycles. The monoisotopic (exact) mass is 330 g/mol. The molecule has 0 unspecified atom stereocenters. The van der Waals surface area contributed by atoms with Gasteiger partial charge in [0.05, 0.1) is 11.3 Å². The molecule has 126 valence electrons. The molecule has 1 fully saturated rings. The van der Waals surface area contributed by atoms with E-state index in [1.54, 1.807) is 0 Å². The summed E-state index contributed by atoms with van der Waals surface area (Å²) in [7, 11) is 0. The zero-order valence-electron chi connectivity index (χ0n) is 14.5. The highest BCUT2D eigenvalue weighted by Gasteiger charge is 2.16. The Morgan fingerprint density at radius 2 is 1.92 bits per heavy atom. The predicted molar refractivity (Wildman–Crippen MR) is 102 cm³/mol. The summed E-state index contributed by atoms with van der Waals surface area (Å²) >= 11 is 0. The second kappa shape index (κ2) is 6.98. The van der Waals surface area contributed by atoms with Crippen molar-refractivity contribution in [2.75, 3.05) is 5.32 Å². The van der Waals surface area contributed by atoms with E-state index in [9.17, 15) is 0 Å². The lowest BCUT2D eigenvalue weighted by Gasteiger charge is -2.24. The largest absolute Gasteiger partial charge is 0.381 e. The highest BCUT2D eigenvalue weighted by atomic mass is 14.9. The van der Waals surface area contributed by atoms with Gasteiger partial charge in [-0.05, 0) is 43.4 Å². The molecule has 25 heavy (non-hydrogen) atoms. The van der Waals surface area contributed by atoms with Crippen LogP contribution in [-0.2, 0) is 0 Å². The molecule has 3 heterocycles. The van der Waals surface area contributed by atoms with E-state index in [4.69, 9.17) is 0 Å². The van der Waals surface area contributed by atoms with Crippen molar-refractivity contribution < 1.29 is 0 Å². The van der Waals surface area contributed by atoms with Crippen molar-refractivity contribution in [3.63, 3.8) is 0 Å². The normalized spacial score (nSPS) is 14.9. The number of rotatable bonds is 2. The first-order valence-electron chi connectivity index (χ1n) is 8.97. The summed E-state index contributed by atoms with van der Waals surface area (Å²) in [6.45, 7) is 2.03. The van der Waals surface area contributed by atoms with Gasteiger partial charge in [0.2, 0.25) is 0 Å². The second-order valence-electron chi connectivity index (χ2n) is 6.74. The Balaban J connectivity index is 1.70. The van der Waals surface area contributed by atoms with Crippen LogP contribution in [0.4, 0.5) is 5.69 Å². The highest BCUT2D eigenvalue weighted by Crippen LogP contribution is 2.29. The van der Waals surface area contributed by atoms with Gasteiger partial charge in [0.25, 0.3) is 0 Å². The van der Waals surface area contributed by atoms with E-state index in [0.29, 0.717) is 6.04 Å². The molecule has 0 aliphatic heterocycles. The molecule has 4 rings (SSSR count). The van der Waals surface area contributed by atoms with E-state index in [1.165, 1.54) is 32.1 Å². The van der Waals surface area contributed by atoms with Crippen molar-refractivity contribution in [1.29, 1.82) is 0 Å². The molecule has 0 spiro atoms. The van der Waals surface area contributed by atoms with E-state index in [1.807, 2.05) is 37.6 Å². The molecule has 4 heteroatoms. The highest BCUT2D eigenvalue weighted by molar-refractivity contribution is 5.92. The standard InChI is InChI=1S/C21H22N4/c1-15-7-9-17(23-13-15)10-8-16-14-24-21-19(11-12-22-21)20(16)25-18-5-3-2-4-6-18/h7,9,11-14,18H,2-6H2,1H3,(H2,22,24,25). The fourth-order valence-electron chi connectivity index (χ4n) is 3.38. The number of nitrogens with one attached hydrogen (secondary N) is 2. The number of H-pyrrole nitrogens is 1. The van der Waals surface area contributed by atoms with Gasteiger partial charge >= 0.3 is 0 Å². The number of aryl methyl sites for hydroxylation is 1. The Hall–Kier alpha value is -2.80. The molecule has 3 aromatic heterocycles. The number of aromatic amines is 1. The molecular formula is C21H22N4. The Morgan fingerprint density at radius 1 is 1.04 bits per heavy atom. The summed E-state index contributed by atoms with van der Waals surface area (Å²) in [5.74, 6) is 6.44. The molecule has 2 N–H and O–H groups in total. The van der Waals surface area contributed by atoms with Gasteiger partial charge in [-0.15, -0.1) is 0 Å². The third-order valence-corrected chi connectivity index (χ3v) is 4.78. The van der Waals surface area contributed by atoms with E-state index >= 15 is 0 Å². The average Bonchev–Trinajstić information content (AvgIpc) is 3.12. The first-order chi connectivity index (χ1) is 12.3. The Labute approximate surface area is 148 Å². The van der Waals surface area contributed by atoms with Crippen molar-refractivity contribution in [2.45, 2.75) is 45.1 Å². The topological polar surface area (TPSA) is 53.6 Å². The van der Waals surface area contributed by atoms with Crippen LogP contribution >= 0.6 is 0 Å². The van der Waals surface area contributed by atoms with Gasteiger partial charge in [-0.1, -0.05) is 31.2 Å². The quantitative estimate of drug-likeness (QED) is 0.684. The molecule has 3 aromatic rings. The first-order valence-corrected chi connectivity index (χ1v) is 8.97. The van der Waals surface area contributed by atoms with Gasteiger partial charge in [0.15, 0.2) is 0 Å². The maximum Gasteiger partial charge on any atom is 0.139 e. The third kappa shape index (κ3) is 3.51. The maximum atomic E-state index is 4.50. The average molecular weight is 330 g/mol. The van der Waals surface area contributed by atoms with Crippen molar-refractivity contribution >= 4 is 16.7 Å². The van der Waals surface area contributed by atoms with Gasteiger partial charge in [0.1, 0.15) is 11.3 Å². The lowest BCUT2D eigenvalue weighted by Crippen LogP contribution is -2.22. The lowest BCUT2D eigenvalue weighted by atomic mass is 9.95. The van der Waals surface area contributed by atoms with Gasteiger partial charge in [0, 0.05) is 30.0 Å². The maximum absolute atomic E-state index is 4.50. The van der Waals surface area contributed by atoms with E-state index in [2.05, 4.69) is 38.2 Å². The fraction of sp³-hybridized carbons (Fsp3) is 0.333. The first kappa shape index (κ1) is 15.7. The minimum absolute atomic E-state index is 0.521. The van der Waals surface area contributed by atoms with E-state index in [-0.39, 0.29) is 0 Å². The second-order valence-corrected chi connectivity index (χ2v) is 6.74. The van der Waals surface area contributed by atoms with Crippen LogP contribution < -0.4 is 5.32 Å². The lowest BCUT2D eigenvalue weighted by molar-refractivity contribution is 0.463. The molecule has 0 atom stereocenters. The fourth-order valence-corrected chi connectivity index (χ4v) is 3.38. The zero-order valence-corrected chi connectivity index (χ0v) is 14.5. The molecule has 0 amide bonds. The van der Waals surface area contributed by atoms with Gasteiger partial charge in [-0.25, -0.2) is 9.97 Å². The van der Waals surface area contributed by atoms with Crippen LogP contribution in [0, 0.1) is 18.8 Å². The molecule has 0 saturated heterocycles. The van der Waals surface area contributed by atoms with Gasteiger partial charge in [-0.2, -0.15) is 0 Å². The molecular weight excluding hydrogens is 308 g/mol. The minimum atomic E-state index is 0.521. The number of aromatic nitrogens is 3. The number of pyridine rings is 2. The molecule has 1 saturated carbocycles. The number of anilines is 1. The Kier molecular flexibility index (Phi) is 4.39. The van der Waals surface area contributed by atoms with E-state index < -0.39 is 0 Å². The number of hydrogen-bond acceptors (Lipinski definition) is 3. The smallest absolute Gasteiger partial charge is 0.139 e. The number of hydrogen-bond donors (Lipinski definition) is 2. The van der Waals surface area contributed by atoms with Crippen LogP contribution in [0.25, 0.3) is 11.0 Å². The summed E-state index contributed by atoms with van der Waals surface area (Å²) in [4.78, 5) is 12.1. The predicted octanol–water partition coefficient (Wildman–Crippen LogP) is 4.41. The van der Waals surface area contributed by atoms with Crippen LogP contribution in [-0.4, -0.2) is 21.0 Å². The van der Waals surface area contributed by atoms with Crippen LogP contribution in [0.3, 0.4) is 0 Å². The van der Waals surface area contributed by atoms with Crippen LogP contribution in [0.1, 0.15) is 48.9 Å². The minimum Gasteiger partial charge on any atom is -0.381 e. The van der Waals surface area contributed by atoms with Crippen LogP contribution in [0.5, 0.6) is 0 Å². The zero-order chi connectivity index (χ0) is 17.1. The Bertz CT molecular complexity index is 922. The van der Waals surface area contributed by atoms with Crippen molar-refractivity contribution in [1.82, 2.24) is 15.0 Å². The molecule has 0 radical (unpaired) electrons. The molecule has 1 aliphatic rings. The molecule has 4 nitrogen and oxygen atoms in total. The van der Waals surface area contributed by atoms with Gasteiger partial charge in [-0.3, -0.25) is 0 Å². The SMILES string of the molecule is Cc1ccc(C#Cc2cnc3[nH]ccc3c2NC2CCCCC2)nc1. The van der Waals surface area contributed by atoms with Crippen molar-refractivity contribution in [3.05, 3.63) is 53.6 Å². The number of fused-ring (bicyclic) bond motifs is 1. The summed E-state index contributed by atoms with van der Waals surface area (Å²) in [6, 6.07) is 6.58. The Morgan fingerprint density at radius 3 is 2.72 bits per heavy atom. The van der Waals surface area contributed by atoms with Crippen LogP contribution in [0.2, 0.25) is 0 Å². The van der Waals surface area contributed by atoms with E-state index in [0.717, 1.165) is 33.5 Å². The molecule has 0 aromatic carbocycles. The summed E-state index contributed by atoms with van der Waals surface area (Å²) < 4.78 is 0. The van der Waals surface area contributed by atoms with Gasteiger partial charge < -0.3 is 10.3 Å². The summed E-state index contributed by atoms with van der Waals surface area (Å²) in [5.41, 5.74) is 4.85. The molecule has 0 bridgehead atoms. The van der Waals surface area contributed by atoms with Crippen molar-refractivity contribution in [2.24, 2.45) is 0 Å². The van der Waals surface area contributed by atoms with Crippen LogP contribution in [0.15, 0.2) is 36.8 Å². The summed E-state index contributed by atoms with van der Waals surface area (Å²) in [6.07, 6.45) is 12.0. The summed E-state index contributed by atoms with van der Waals surface area (Å²) in [5, 5.41) is 4.85. The third-order valence-electron chi connectivity index (χ3n) is 4.78. The number of nitrogens with zero attached hydrogens (tertiary/aromatic N) is 2.